The van der Waals surface area contributed by atoms with Crippen LogP contribution in [0.4, 0.5) is 24.8 Å². The highest BCUT2D eigenvalue weighted by Gasteiger charge is 2.35. The van der Waals surface area contributed by atoms with Crippen LogP contribution >= 0.6 is 0 Å². The fourth-order valence-electron chi connectivity index (χ4n) is 6.68. The van der Waals surface area contributed by atoms with Gasteiger partial charge in [-0.1, -0.05) is 46.5 Å². The van der Waals surface area contributed by atoms with E-state index in [0.717, 1.165) is 43.1 Å². The van der Waals surface area contributed by atoms with Crippen LogP contribution in [0.1, 0.15) is 88.5 Å². The zero-order valence-corrected chi connectivity index (χ0v) is 22.3. The van der Waals surface area contributed by atoms with Gasteiger partial charge in [0.25, 0.3) is 0 Å². The van der Waals surface area contributed by atoms with Crippen molar-refractivity contribution in [2.75, 3.05) is 5.32 Å². The van der Waals surface area contributed by atoms with E-state index in [1.807, 2.05) is 18.2 Å². The van der Waals surface area contributed by atoms with Crippen LogP contribution < -0.4 is 10.1 Å². The molecule has 0 saturated heterocycles. The normalized spacial score (nSPS) is 22.1. The lowest BCUT2D eigenvalue weighted by atomic mass is 9.70. The number of imidazole rings is 1. The summed E-state index contributed by atoms with van der Waals surface area (Å²) in [6, 6.07) is 11.6. The molecular weight excluding hydrogens is 491 g/mol. The molecule has 38 heavy (non-hydrogen) atoms. The fourth-order valence-corrected chi connectivity index (χ4v) is 6.68. The van der Waals surface area contributed by atoms with E-state index < -0.39 is 6.36 Å². The van der Waals surface area contributed by atoms with Crippen LogP contribution in [0.5, 0.6) is 5.75 Å². The smallest absolute Gasteiger partial charge is 0.406 e. The molecule has 2 fully saturated rings. The number of Topliss-reactive ketones (excluding diaryl/α,β-unsaturated/α-hetero) is 1. The lowest BCUT2D eigenvalue weighted by Crippen LogP contribution is -2.29. The lowest BCUT2D eigenvalue weighted by molar-refractivity contribution is -0.274. The minimum atomic E-state index is -4.74. The first-order valence-corrected chi connectivity index (χ1v) is 13.6. The number of halogens is 3. The summed E-state index contributed by atoms with van der Waals surface area (Å²) in [6.07, 6.45) is 3.62. The SMILES string of the molecule is C[C@H]1C[C@@H](n2c(Nc3ccc(OC(F)(F)F)cc3)nc3ccc(C(=O)CC4CCCC4)cc32)CC(C)(C)C1. The average Bonchev–Trinajstić information content (AvgIpc) is 3.44. The molecule has 8 heteroatoms. The second kappa shape index (κ2) is 10.3. The van der Waals surface area contributed by atoms with Gasteiger partial charge in [-0.3, -0.25) is 4.79 Å². The van der Waals surface area contributed by atoms with Crippen LogP contribution in [0.2, 0.25) is 0 Å². The van der Waals surface area contributed by atoms with Gasteiger partial charge in [0, 0.05) is 23.7 Å². The van der Waals surface area contributed by atoms with Gasteiger partial charge in [0.05, 0.1) is 11.0 Å². The number of hydrogen-bond acceptors (Lipinski definition) is 4. The van der Waals surface area contributed by atoms with Crippen molar-refractivity contribution in [2.45, 2.75) is 84.5 Å². The van der Waals surface area contributed by atoms with Crippen LogP contribution in [0.25, 0.3) is 11.0 Å². The molecule has 2 atom stereocenters. The highest BCUT2D eigenvalue weighted by Crippen LogP contribution is 2.46. The molecule has 0 unspecified atom stereocenters. The third kappa shape index (κ3) is 6.16. The number of hydrogen-bond donors (Lipinski definition) is 1. The number of rotatable bonds is 7. The summed E-state index contributed by atoms with van der Waals surface area (Å²) >= 11 is 0. The number of ether oxygens (including phenoxy) is 1. The average molecular weight is 528 g/mol. The minimum Gasteiger partial charge on any atom is -0.406 e. The summed E-state index contributed by atoms with van der Waals surface area (Å²) < 4.78 is 44.0. The topological polar surface area (TPSA) is 56.1 Å². The van der Waals surface area contributed by atoms with E-state index in [9.17, 15) is 18.0 Å². The number of carbonyl (C=O) groups excluding carboxylic acids is 1. The Morgan fingerprint density at radius 3 is 2.47 bits per heavy atom. The molecule has 2 saturated carbocycles. The highest BCUT2D eigenvalue weighted by molar-refractivity contribution is 5.99. The Hall–Kier alpha value is -3.03. The second-order valence-electron chi connectivity index (χ2n) is 12.1. The van der Waals surface area contributed by atoms with Gasteiger partial charge in [-0.05, 0) is 79.0 Å². The molecule has 1 aromatic heterocycles. The van der Waals surface area contributed by atoms with E-state index in [4.69, 9.17) is 4.98 Å². The Kier molecular flexibility index (Phi) is 7.18. The van der Waals surface area contributed by atoms with Crippen LogP contribution in [0.3, 0.4) is 0 Å². The first kappa shape index (κ1) is 26.6. The molecule has 0 bridgehead atoms. The van der Waals surface area contributed by atoms with Crippen molar-refractivity contribution in [3.05, 3.63) is 48.0 Å². The van der Waals surface area contributed by atoms with E-state index >= 15 is 0 Å². The summed E-state index contributed by atoms with van der Waals surface area (Å²) in [5.74, 6) is 1.54. The molecule has 0 aliphatic heterocycles. The Labute approximate surface area is 221 Å². The maximum atomic E-state index is 13.2. The van der Waals surface area contributed by atoms with Crippen molar-refractivity contribution >= 4 is 28.5 Å². The Morgan fingerprint density at radius 1 is 1.11 bits per heavy atom. The number of nitrogens with zero attached hydrogens (tertiary/aromatic N) is 2. The van der Waals surface area contributed by atoms with Crippen molar-refractivity contribution in [3.8, 4) is 5.75 Å². The zero-order valence-electron chi connectivity index (χ0n) is 22.3. The molecule has 2 aromatic carbocycles. The molecule has 1 heterocycles. The number of carbonyl (C=O) groups is 1. The van der Waals surface area contributed by atoms with Gasteiger partial charge < -0.3 is 14.6 Å². The van der Waals surface area contributed by atoms with Gasteiger partial charge in [0.15, 0.2) is 5.78 Å². The third-order valence-electron chi connectivity index (χ3n) is 8.03. The van der Waals surface area contributed by atoms with Crippen LogP contribution in [-0.4, -0.2) is 21.7 Å². The second-order valence-corrected chi connectivity index (χ2v) is 12.1. The molecule has 0 spiro atoms. The van der Waals surface area contributed by atoms with Gasteiger partial charge in [-0.15, -0.1) is 13.2 Å². The Morgan fingerprint density at radius 2 is 1.82 bits per heavy atom. The predicted octanol–water partition coefficient (Wildman–Crippen LogP) is 8.83. The van der Waals surface area contributed by atoms with E-state index in [1.54, 1.807) is 12.1 Å². The summed E-state index contributed by atoms with van der Waals surface area (Å²) in [7, 11) is 0. The number of nitrogens with one attached hydrogen (secondary N) is 1. The van der Waals surface area contributed by atoms with Crippen LogP contribution in [0, 0.1) is 17.3 Å². The zero-order chi connectivity index (χ0) is 27.1. The van der Waals surface area contributed by atoms with Crippen LogP contribution in [-0.2, 0) is 0 Å². The summed E-state index contributed by atoms with van der Waals surface area (Å²) in [5.41, 5.74) is 3.18. The maximum Gasteiger partial charge on any atom is 0.573 e. The molecule has 3 aromatic rings. The van der Waals surface area contributed by atoms with Gasteiger partial charge in [-0.25, -0.2) is 4.98 Å². The van der Waals surface area contributed by atoms with Crippen molar-refractivity contribution < 1.29 is 22.7 Å². The van der Waals surface area contributed by atoms with E-state index in [0.29, 0.717) is 35.5 Å². The van der Waals surface area contributed by atoms with Crippen molar-refractivity contribution in [1.29, 1.82) is 0 Å². The van der Waals surface area contributed by atoms with Gasteiger partial charge in [-0.2, -0.15) is 0 Å². The number of alkyl halides is 3. The number of ketones is 1. The molecular formula is C30H36F3N3O2. The number of anilines is 2. The van der Waals surface area contributed by atoms with Gasteiger partial charge in [0.1, 0.15) is 5.75 Å². The quantitative estimate of drug-likeness (QED) is 0.312. The molecule has 2 aliphatic rings. The molecule has 1 N–H and O–H groups in total. The lowest BCUT2D eigenvalue weighted by Gasteiger charge is -2.40. The molecule has 0 amide bonds. The number of fused-ring (bicyclic) bond motifs is 1. The highest BCUT2D eigenvalue weighted by atomic mass is 19.4. The van der Waals surface area contributed by atoms with E-state index in [1.165, 1.54) is 25.0 Å². The van der Waals surface area contributed by atoms with Gasteiger partial charge >= 0.3 is 6.36 Å². The Balaban J connectivity index is 1.50. The minimum absolute atomic E-state index is 0.155. The molecule has 0 radical (unpaired) electrons. The van der Waals surface area contributed by atoms with Crippen molar-refractivity contribution in [1.82, 2.24) is 9.55 Å². The van der Waals surface area contributed by atoms with Crippen molar-refractivity contribution in [3.63, 3.8) is 0 Å². The molecule has 2 aliphatic carbocycles. The third-order valence-corrected chi connectivity index (χ3v) is 8.03. The monoisotopic (exact) mass is 527 g/mol. The predicted molar refractivity (Wildman–Crippen MR) is 143 cm³/mol. The molecule has 5 rings (SSSR count). The maximum absolute atomic E-state index is 13.2. The molecule has 204 valence electrons. The van der Waals surface area contributed by atoms with Gasteiger partial charge in [0.2, 0.25) is 5.95 Å². The summed E-state index contributed by atoms with van der Waals surface area (Å²) in [4.78, 5) is 18.0. The first-order chi connectivity index (χ1) is 18.0. The first-order valence-electron chi connectivity index (χ1n) is 13.6. The summed E-state index contributed by atoms with van der Waals surface area (Å²) in [6.45, 7) is 6.85. The van der Waals surface area contributed by atoms with Crippen LogP contribution in [0.15, 0.2) is 42.5 Å². The number of aromatic nitrogens is 2. The Bertz CT molecular complexity index is 1290. The number of benzene rings is 2. The molecule has 5 nitrogen and oxygen atoms in total. The standard InChI is InChI=1S/C30H36F3N3O2/c1-19-14-23(18-29(2,3)17-19)36-26-16-21(27(37)15-20-6-4-5-7-20)8-13-25(26)35-28(36)34-22-9-11-24(12-10-22)38-30(31,32)33/h8-13,16,19-20,23H,4-7,14-15,17-18H2,1-3H3,(H,34,35)/t19-,23+/m0/s1. The van der Waals surface area contributed by atoms with Crippen molar-refractivity contribution in [2.24, 2.45) is 17.3 Å². The van der Waals surface area contributed by atoms with E-state index in [-0.39, 0.29) is 23.0 Å². The van der Waals surface area contributed by atoms with E-state index in [2.05, 4.69) is 35.4 Å². The fraction of sp³-hybridized carbons (Fsp3) is 0.533. The summed E-state index contributed by atoms with van der Waals surface area (Å²) in [5, 5.41) is 3.33. The largest absolute Gasteiger partial charge is 0.573 e.